The van der Waals surface area contributed by atoms with E-state index >= 15 is 0 Å². The van der Waals surface area contributed by atoms with Crippen LogP contribution >= 0.6 is 23.1 Å². The van der Waals surface area contributed by atoms with Crippen LogP contribution in [0.1, 0.15) is 18.9 Å². The smallest absolute Gasteiger partial charge is 0.239 e. The van der Waals surface area contributed by atoms with Crippen LogP contribution in [-0.4, -0.2) is 40.9 Å². The van der Waals surface area contributed by atoms with E-state index in [1.807, 2.05) is 38.1 Å². The molecule has 0 atom stereocenters. The van der Waals surface area contributed by atoms with Crippen LogP contribution < -0.4 is 16.0 Å². The predicted octanol–water partition coefficient (Wildman–Crippen LogP) is 2.32. The van der Waals surface area contributed by atoms with Gasteiger partial charge in [-0.05, 0) is 25.5 Å². The molecule has 9 heteroatoms. The Balaban J connectivity index is 1.72. The molecule has 0 aliphatic carbocycles. The summed E-state index contributed by atoms with van der Waals surface area (Å²) >= 11 is 2.67. The van der Waals surface area contributed by atoms with Crippen LogP contribution in [0.15, 0.2) is 28.6 Å². The van der Waals surface area contributed by atoms with Crippen molar-refractivity contribution in [2.75, 3.05) is 24.2 Å². The number of hydrogen-bond acceptors (Lipinski definition) is 7. The lowest BCUT2D eigenvalue weighted by Crippen LogP contribution is -2.37. The van der Waals surface area contributed by atoms with Gasteiger partial charge in [0.15, 0.2) is 4.34 Å². The standard InChI is InChI=1S/C16H21N5O2S2/c1-3-8-17-13(22)9-18-14(23)10-24-16-21-20-15(25-16)19-12-6-4-11(2)5-7-12/h4-7H,3,8-10H2,1-2H3,(H,17,22)(H,18,23)(H,19,20). The Morgan fingerprint density at radius 3 is 2.60 bits per heavy atom. The first-order chi connectivity index (χ1) is 12.1. The molecule has 25 heavy (non-hydrogen) atoms. The van der Waals surface area contributed by atoms with Crippen molar-refractivity contribution in [3.05, 3.63) is 29.8 Å². The fourth-order valence-corrected chi connectivity index (χ4v) is 3.37. The summed E-state index contributed by atoms with van der Waals surface area (Å²) in [5.74, 6) is -0.194. The Morgan fingerprint density at radius 2 is 1.88 bits per heavy atom. The molecule has 0 saturated carbocycles. The highest BCUT2D eigenvalue weighted by molar-refractivity contribution is 8.01. The van der Waals surface area contributed by atoms with E-state index in [1.54, 1.807) is 0 Å². The van der Waals surface area contributed by atoms with Crippen molar-refractivity contribution in [3.8, 4) is 0 Å². The minimum atomic E-state index is -0.208. The lowest BCUT2D eigenvalue weighted by atomic mass is 10.2. The van der Waals surface area contributed by atoms with Crippen molar-refractivity contribution in [2.45, 2.75) is 24.6 Å². The van der Waals surface area contributed by atoms with Crippen LogP contribution in [-0.2, 0) is 9.59 Å². The number of benzene rings is 1. The van der Waals surface area contributed by atoms with E-state index in [2.05, 4.69) is 26.1 Å². The molecule has 0 aliphatic heterocycles. The molecular weight excluding hydrogens is 358 g/mol. The van der Waals surface area contributed by atoms with Crippen molar-refractivity contribution in [1.82, 2.24) is 20.8 Å². The highest BCUT2D eigenvalue weighted by Crippen LogP contribution is 2.27. The number of aromatic nitrogens is 2. The van der Waals surface area contributed by atoms with Gasteiger partial charge in [-0.15, -0.1) is 10.2 Å². The van der Waals surface area contributed by atoms with Crippen molar-refractivity contribution < 1.29 is 9.59 Å². The predicted molar refractivity (Wildman–Crippen MR) is 101 cm³/mol. The van der Waals surface area contributed by atoms with E-state index in [1.165, 1.54) is 28.7 Å². The quantitative estimate of drug-likeness (QED) is 0.579. The molecule has 2 aromatic rings. The molecule has 1 aromatic heterocycles. The molecular formula is C16H21N5O2S2. The molecule has 0 fully saturated rings. The first-order valence-corrected chi connectivity index (χ1v) is 9.70. The number of aryl methyl sites for hydroxylation is 1. The fourth-order valence-electron chi connectivity index (χ4n) is 1.76. The number of thioether (sulfide) groups is 1. The van der Waals surface area contributed by atoms with Gasteiger partial charge in [0.25, 0.3) is 0 Å². The van der Waals surface area contributed by atoms with E-state index in [0.717, 1.165) is 12.1 Å². The Hall–Kier alpha value is -2.13. The summed E-state index contributed by atoms with van der Waals surface area (Å²) in [4.78, 5) is 23.2. The zero-order valence-corrected chi connectivity index (χ0v) is 15.8. The zero-order valence-electron chi connectivity index (χ0n) is 14.2. The first kappa shape index (κ1) is 19.2. The molecule has 0 saturated heterocycles. The van der Waals surface area contributed by atoms with Crippen LogP contribution in [0.5, 0.6) is 0 Å². The van der Waals surface area contributed by atoms with Gasteiger partial charge in [-0.2, -0.15) is 0 Å². The van der Waals surface area contributed by atoms with Gasteiger partial charge in [0.2, 0.25) is 16.9 Å². The second-order valence-electron chi connectivity index (χ2n) is 5.28. The van der Waals surface area contributed by atoms with Crippen molar-refractivity contribution >= 4 is 45.7 Å². The third-order valence-corrected chi connectivity index (χ3v) is 5.03. The Bertz CT molecular complexity index is 703. The fraction of sp³-hybridized carbons (Fsp3) is 0.375. The molecule has 0 aliphatic rings. The molecule has 2 rings (SSSR count). The third kappa shape index (κ3) is 7.10. The van der Waals surface area contributed by atoms with Crippen molar-refractivity contribution in [1.29, 1.82) is 0 Å². The summed E-state index contributed by atoms with van der Waals surface area (Å²) in [5, 5.41) is 17.2. The second kappa shape index (κ2) is 10.00. The van der Waals surface area contributed by atoms with Gasteiger partial charge in [-0.25, -0.2) is 0 Å². The van der Waals surface area contributed by atoms with Gasteiger partial charge in [-0.3, -0.25) is 9.59 Å². The average molecular weight is 380 g/mol. The minimum Gasteiger partial charge on any atom is -0.355 e. The number of nitrogens with one attached hydrogen (secondary N) is 3. The average Bonchev–Trinajstić information content (AvgIpc) is 3.05. The largest absolute Gasteiger partial charge is 0.355 e. The molecule has 134 valence electrons. The lowest BCUT2D eigenvalue weighted by Gasteiger charge is -2.05. The summed E-state index contributed by atoms with van der Waals surface area (Å²) in [5.41, 5.74) is 2.13. The molecule has 0 unspecified atom stereocenters. The number of carbonyl (C=O) groups is 2. The molecule has 7 nitrogen and oxygen atoms in total. The summed E-state index contributed by atoms with van der Waals surface area (Å²) in [7, 11) is 0. The molecule has 0 spiro atoms. The van der Waals surface area contributed by atoms with Gasteiger partial charge in [0.1, 0.15) is 0 Å². The normalized spacial score (nSPS) is 10.3. The SMILES string of the molecule is CCCNC(=O)CNC(=O)CSc1nnc(Nc2ccc(C)cc2)s1. The number of nitrogens with zero attached hydrogens (tertiary/aromatic N) is 2. The van der Waals surface area contributed by atoms with Crippen LogP contribution in [0, 0.1) is 6.92 Å². The maximum Gasteiger partial charge on any atom is 0.239 e. The Morgan fingerprint density at radius 1 is 1.12 bits per heavy atom. The van der Waals surface area contributed by atoms with Crippen LogP contribution in [0.2, 0.25) is 0 Å². The summed E-state index contributed by atoms with van der Waals surface area (Å²) in [6, 6.07) is 7.97. The molecule has 1 aromatic carbocycles. The molecule has 2 amide bonds. The van der Waals surface area contributed by atoms with Crippen LogP contribution in [0.4, 0.5) is 10.8 Å². The number of rotatable bonds is 9. The number of anilines is 2. The maximum absolute atomic E-state index is 11.8. The van der Waals surface area contributed by atoms with Gasteiger partial charge < -0.3 is 16.0 Å². The first-order valence-electron chi connectivity index (χ1n) is 7.90. The van der Waals surface area contributed by atoms with E-state index in [0.29, 0.717) is 16.0 Å². The van der Waals surface area contributed by atoms with Gasteiger partial charge >= 0.3 is 0 Å². The summed E-state index contributed by atoms with van der Waals surface area (Å²) in [6.07, 6.45) is 0.867. The molecule has 1 heterocycles. The van der Waals surface area contributed by atoms with Crippen LogP contribution in [0.25, 0.3) is 0 Å². The van der Waals surface area contributed by atoms with Gasteiger partial charge in [0, 0.05) is 12.2 Å². The Kier molecular flexibility index (Phi) is 7.68. The van der Waals surface area contributed by atoms with Crippen molar-refractivity contribution in [3.63, 3.8) is 0 Å². The highest BCUT2D eigenvalue weighted by atomic mass is 32.2. The monoisotopic (exact) mass is 379 g/mol. The summed E-state index contributed by atoms with van der Waals surface area (Å²) < 4.78 is 0.695. The topological polar surface area (TPSA) is 96.0 Å². The van der Waals surface area contributed by atoms with Gasteiger partial charge in [-0.1, -0.05) is 47.7 Å². The maximum atomic E-state index is 11.8. The van der Waals surface area contributed by atoms with Crippen LogP contribution in [0.3, 0.4) is 0 Å². The Labute approximate surface area is 155 Å². The minimum absolute atomic E-state index is 0.00422. The summed E-state index contributed by atoms with van der Waals surface area (Å²) in [6.45, 7) is 4.61. The number of amides is 2. The van der Waals surface area contributed by atoms with E-state index in [4.69, 9.17) is 0 Å². The number of carbonyl (C=O) groups excluding carboxylic acids is 2. The zero-order chi connectivity index (χ0) is 18.1. The lowest BCUT2D eigenvalue weighted by molar-refractivity contribution is -0.124. The highest BCUT2D eigenvalue weighted by Gasteiger charge is 2.09. The van der Waals surface area contributed by atoms with E-state index < -0.39 is 0 Å². The molecule has 0 radical (unpaired) electrons. The second-order valence-corrected chi connectivity index (χ2v) is 7.48. The van der Waals surface area contributed by atoms with E-state index in [9.17, 15) is 9.59 Å². The molecule has 0 bridgehead atoms. The third-order valence-electron chi connectivity index (χ3n) is 3.05. The van der Waals surface area contributed by atoms with E-state index in [-0.39, 0.29) is 24.1 Å². The molecule has 3 N–H and O–H groups in total. The van der Waals surface area contributed by atoms with Gasteiger partial charge in [0.05, 0.1) is 12.3 Å². The number of hydrogen-bond donors (Lipinski definition) is 3. The van der Waals surface area contributed by atoms with Crippen molar-refractivity contribution in [2.24, 2.45) is 0 Å².